The van der Waals surface area contributed by atoms with Crippen molar-refractivity contribution in [3.8, 4) is 0 Å². The molecule has 2 rings (SSSR count). The van der Waals surface area contributed by atoms with Gasteiger partial charge in [-0.3, -0.25) is 9.59 Å². The summed E-state index contributed by atoms with van der Waals surface area (Å²) < 4.78 is 5.63. The number of amides is 2. The lowest BCUT2D eigenvalue weighted by molar-refractivity contribution is -0.158. The molecular formula is C16H28N2O3. The van der Waals surface area contributed by atoms with Gasteiger partial charge in [-0.1, -0.05) is 34.6 Å². The SMILES string of the molecule is CC(C)C1C(=O)NC(C(C)(C)C)C(=O)N1C1CCOC1C. The number of hydrogen-bond donors (Lipinski definition) is 1. The molecule has 1 N–H and O–H groups in total. The third kappa shape index (κ3) is 2.93. The van der Waals surface area contributed by atoms with E-state index in [1.165, 1.54) is 0 Å². The molecule has 0 saturated carbocycles. The first kappa shape index (κ1) is 16.3. The summed E-state index contributed by atoms with van der Waals surface area (Å²) in [5.41, 5.74) is -0.296. The lowest BCUT2D eigenvalue weighted by Crippen LogP contribution is -2.70. The first-order valence-corrected chi connectivity index (χ1v) is 7.88. The second kappa shape index (κ2) is 5.59. The van der Waals surface area contributed by atoms with Crippen molar-refractivity contribution in [2.45, 2.75) is 72.2 Å². The Labute approximate surface area is 127 Å². The Hall–Kier alpha value is -1.10. The smallest absolute Gasteiger partial charge is 0.246 e. The van der Waals surface area contributed by atoms with Crippen LogP contribution in [0.3, 0.4) is 0 Å². The van der Waals surface area contributed by atoms with Crippen LogP contribution in [0.15, 0.2) is 0 Å². The number of rotatable bonds is 2. The van der Waals surface area contributed by atoms with Crippen LogP contribution < -0.4 is 5.32 Å². The summed E-state index contributed by atoms with van der Waals surface area (Å²) in [6.45, 7) is 12.6. The van der Waals surface area contributed by atoms with E-state index in [2.05, 4.69) is 5.32 Å². The Morgan fingerprint density at radius 3 is 2.33 bits per heavy atom. The Bertz CT molecular complexity index is 428. The van der Waals surface area contributed by atoms with Gasteiger partial charge >= 0.3 is 0 Å². The summed E-state index contributed by atoms with van der Waals surface area (Å²) in [7, 11) is 0. The highest BCUT2D eigenvalue weighted by Crippen LogP contribution is 2.32. The fraction of sp³-hybridized carbons (Fsp3) is 0.875. The largest absolute Gasteiger partial charge is 0.376 e. The van der Waals surface area contributed by atoms with Crippen molar-refractivity contribution in [3.63, 3.8) is 0 Å². The van der Waals surface area contributed by atoms with E-state index in [1.54, 1.807) is 0 Å². The number of carbonyl (C=O) groups excluding carboxylic acids is 2. The van der Waals surface area contributed by atoms with Gasteiger partial charge in [-0.25, -0.2) is 0 Å². The lowest BCUT2D eigenvalue weighted by Gasteiger charge is -2.47. The molecule has 0 aromatic carbocycles. The lowest BCUT2D eigenvalue weighted by atomic mass is 9.82. The van der Waals surface area contributed by atoms with Gasteiger partial charge in [-0.05, 0) is 24.7 Å². The van der Waals surface area contributed by atoms with Crippen LogP contribution in [0.4, 0.5) is 0 Å². The fourth-order valence-electron chi connectivity index (χ4n) is 3.37. The van der Waals surface area contributed by atoms with Gasteiger partial charge in [0.1, 0.15) is 12.1 Å². The minimum atomic E-state index is -0.465. The average molecular weight is 296 g/mol. The molecule has 0 aliphatic carbocycles. The van der Waals surface area contributed by atoms with E-state index in [9.17, 15) is 9.59 Å². The molecule has 2 aliphatic rings. The van der Waals surface area contributed by atoms with Crippen LogP contribution in [0, 0.1) is 11.3 Å². The van der Waals surface area contributed by atoms with E-state index >= 15 is 0 Å². The number of carbonyl (C=O) groups is 2. The first-order valence-electron chi connectivity index (χ1n) is 7.88. The minimum absolute atomic E-state index is 0.000741. The van der Waals surface area contributed by atoms with Crippen LogP contribution in [0.5, 0.6) is 0 Å². The van der Waals surface area contributed by atoms with Gasteiger partial charge in [0.25, 0.3) is 0 Å². The summed E-state index contributed by atoms with van der Waals surface area (Å²) in [6, 6.07) is -0.862. The maximum absolute atomic E-state index is 13.0. The molecule has 4 unspecified atom stereocenters. The summed E-state index contributed by atoms with van der Waals surface area (Å²) in [4.78, 5) is 27.4. The normalized spacial score (nSPS) is 34.5. The predicted octanol–water partition coefficient (Wildman–Crippen LogP) is 1.56. The second-order valence-electron chi connectivity index (χ2n) is 7.67. The molecule has 2 aliphatic heterocycles. The van der Waals surface area contributed by atoms with Gasteiger partial charge in [-0.15, -0.1) is 0 Å². The number of ether oxygens (including phenoxy) is 1. The quantitative estimate of drug-likeness (QED) is 0.841. The maximum Gasteiger partial charge on any atom is 0.246 e. The molecule has 0 spiro atoms. The van der Waals surface area contributed by atoms with Gasteiger partial charge in [0.2, 0.25) is 11.8 Å². The minimum Gasteiger partial charge on any atom is -0.376 e. The topological polar surface area (TPSA) is 58.6 Å². The van der Waals surface area contributed by atoms with Crippen LogP contribution >= 0.6 is 0 Å². The van der Waals surface area contributed by atoms with E-state index < -0.39 is 12.1 Å². The van der Waals surface area contributed by atoms with Gasteiger partial charge in [0, 0.05) is 6.61 Å². The zero-order valence-corrected chi connectivity index (χ0v) is 14.0. The highest BCUT2D eigenvalue weighted by molar-refractivity contribution is 5.97. The molecule has 0 radical (unpaired) electrons. The third-order valence-electron chi connectivity index (χ3n) is 4.55. The van der Waals surface area contributed by atoms with Crippen molar-refractivity contribution in [1.29, 1.82) is 0 Å². The second-order valence-corrected chi connectivity index (χ2v) is 7.67. The van der Waals surface area contributed by atoms with Crippen molar-refractivity contribution in [1.82, 2.24) is 10.2 Å². The number of piperazine rings is 1. The maximum atomic E-state index is 13.0. The highest BCUT2D eigenvalue weighted by atomic mass is 16.5. The summed E-state index contributed by atoms with van der Waals surface area (Å²) >= 11 is 0. The molecule has 0 bridgehead atoms. The number of nitrogens with zero attached hydrogens (tertiary/aromatic N) is 1. The van der Waals surface area contributed by atoms with Crippen molar-refractivity contribution in [2.24, 2.45) is 11.3 Å². The van der Waals surface area contributed by atoms with Crippen LogP contribution in [0.25, 0.3) is 0 Å². The van der Waals surface area contributed by atoms with E-state index in [0.29, 0.717) is 6.61 Å². The molecule has 2 fully saturated rings. The molecule has 120 valence electrons. The molecule has 2 amide bonds. The van der Waals surface area contributed by atoms with E-state index in [0.717, 1.165) is 6.42 Å². The zero-order chi connectivity index (χ0) is 15.9. The van der Waals surface area contributed by atoms with Crippen LogP contribution in [-0.4, -0.2) is 47.6 Å². The molecule has 5 heteroatoms. The van der Waals surface area contributed by atoms with E-state index in [1.807, 2.05) is 46.4 Å². The average Bonchev–Trinajstić information content (AvgIpc) is 2.75. The number of nitrogens with one attached hydrogen (secondary N) is 1. The fourth-order valence-corrected chi connectivity index (χ4v) is 3.37. The van der Waals surface area contributed by atoms with Gasteiger partial charge < -0.3 is 15.0 Å². The van der Waals surface area contributed by atoms with Crippen LogP contribution in [0.2, 0.25) is 0 Å². The van der Waals surface area contributed by atoms with Crippen LogP contribution in [0.1, 0.15) is 48.0 Å². The molecule has 2 saturated heterocycles. The summed E-state index contributed by atoms with van der Waals surface area (Å²) in [5, 5.41) is 2.93. The highest BCUT2D eigenvalue weighted by Gasteiger charge is 2.50. The first-order chi connectivity index (χ1) is 9.64. The van der Waals surface area contributed by atoms with Crippen LogP contribution in [-0.2, 0) is 14.3 Å². The molecule has 0 aromatic heterocycles. The molecule has 5 nitrogen and oxygen atoms in total. The van der Waals surface area contributed by atoms with Crippen molar-refractivity contribution >= 4 is 11.8 Å². The Kier molecular flexibility index (Phi) is 4.34. The van der Waals surface area contributed by atoms with Crippen molar-refractivity contribution in [3.05, 3.63) is 0 Å². The van der Waals surface area contributed by atoms with Crippen molar-refractivity contribution in [2.75, 3.05) is 6.61 Å². The monoisotopic (exact) mass is 296 g/mol. The van der Waals surface area contributed by atoms with Crippen molar-refractivity contribution < 1.29 is 14.3 Å². The van der Waals surface area contributed by atoms with Gasteiger partial charge in [0.05, 0.1) is 12.1 Å². The third-order valence-corrected chi connectivity index (χ3v) is 4.55. The van der Waals surface area contributed by atoms with Gasteiger partial charge in [0.15, 0.2) is 0 Å². The predicted molar refractivity (Wildman–Crippen MR) is 80.7 cm³/mol. The van der Waals surface area contributed by atoms with E-state index in [4.69, 9.17) is 4.74 Å². The zero-order valence-electron chi connectivity index (χ0n) is 14.0. The molecule has 4 atom stereocenters. The van der Waals surface area contributed by atoms with Gasteiger partial charge in [-0.2, -0.15) is 0 Å². The summed E-state index contributed by atoms with van der Waals surface area (Å²) in [5.74, 6) is 0.0782. The summed E-state index contributed by atoms with van der Waals surface area (Å²) in [6.07, 6.45) is 0.794. The Morgan fingerprint density at radius 1 is 1.29 bits per heavy atom. The molecule has 21 heavy (non-hydrogen) atoms. The number of hydrogen-bond acceptors (Lipinski definition) is 3. The Morgan fingerprint density at radius 2 is 1.90 bits per heavy atom. The standard InChI is InChI=1S/C16H28N2O3/c1-9(2)12-14(19)17-13(16(4,5)6)15(20)18(12)11-7-8-21-10(11)3/h9-13H,7-8H2,1-6H3,(H,17,19). The van der Waals surface area contributed by atoms with E-state index in [-0.39, 0.29) is 35.3 Å². The molecule has 2 heterocycles. The Balaban J connectivity index is 2.37. The molecular weight excluding hydrogens is 268 g/mol. The molecule has 0 aromatic rings.